The van der Waals surface area contributed by atoms with Crippen LogP contribution in [0, 0.1) is 24.7 Å². The number of hydrogen-bond donors (Lipinski definition) is 1. The number of nitrogens with zero attached hydrogens (tertiary/aromatic N) is 4. The highest BCUT2D eigenvalue weighted by Gasteiger charge is 2.21. The Morgan fingerprint density at radius 3 is 2.38 bits per heavy atom. The third-order valence-corrected chi connectivity index (χ3v) is 4.16. The lowest BCUT2D eigenvalue weighted by Gasteiger charge is -2.24. The van der Waals surface area contributed by atoms with Crippen molar-refractivity contribution in [1.29, 1.82) is 0 Å². The van der Waals surface area contributed by atoms with E-state index in [0.717, 1.165) is 29.2 Å². The molecule has 2 N–H and O–H groups in total. The van der Waals surface area contributed by atoms with E-state index in [1.807, 2.05) is 29.8 Å². The number of anilines is 1. The van der Waals surface area contributed by atoms with Crippen LogP contribution in [0.5, 0.6) is 0 Å². The summed E-state index contributed by atoms with van der Waals surface area (Å²) in [4.78, 5) is 0. The Labute approximate surface area is 126 Å². The van der Waals surface area contributed by atoms with Gasteiger partial charge in [0.25, 0.3) is 0 Å². The second-order valence-electron chi connectivity index (χ2n) is 6.41. The molecule has 5 heteroatoms. The molecule has 0 atom stereocenters. The van der Waals surface area contributed by atoms with Crippen molar-refractivity contribution in [2.45, 2.75) is 41.2 Å². The second kappa shape index (κ2) is 6.24. The molecular formula is C16H25N5. The third kappa shape index (κ3) is 3.40. The van der Waals surface area contributed by atoms with Crippen molar-refractivity contribution in [3.63, 3.8) is 0 Å². The predicted octanol–water partition coefficient (Wildman–Crippen LogP) is 3.16. The van der Waals surface area contributed by atoms with Gasteiger partial charge in [-0.1, -0.05) is 27.7 Å². The minimum absolute atomic E-state index is 0.544. The number of rotatable bonds is 5. The molecule has 1 heterocycles. The molecule has 0 aliphatic heterocycles. The Kier molecular flexibility index (Phi) is 4.60. The molecule has 0 bridgehead atoms. The molecule has 0 spiro atoms. The number of aryl methyl sites for hydroxylation is 1. The normalized spacial score (nSPS) is 11.8. The van der Waals surface area contributed by atoms with Crippen molar-refractivity contribution in [3.05, 3.63) is 23.8 Å². The molecule has 0 amide bonds. The maximum atomic E-state index is 5.88. The number of benzene rings is 1. The summed E-state index contributed by atoms with van der Waals surface area (Å²) in [6.45, 7) is 11.8. The third-order valence-electron chi connectivity index (χ3n) is 4.16. The van der Waals surface area contributed by atoms with Crippen LogP contribution in [0.1, 0.15) is 33.3 Å². The number of aromatic nitrogens is 4. The van der Waals surface area contributed by atoms with E-state index in [2.05, 4.69) is 43.2 Å². The van der Waals surface area contributed by atoms with E-state index in [0.29, 0.717) is 17.8 Å². The SMILES string of the molecule is Cc1cc(-c2nnnn2CC(C(C)C)C(C)C)ccc1N. The summed E-state index contributed by atoms with van der Waals surface area (Å²) in [6.07, 6.45) is 0. The van der Waals surface area contributed by atoms with Crippen LogP contribution < -0.4 is 5.73 Å². The van der Waals surface area contributed by atoms with Gasteiger partial charge in [0.15, 0.2) is 5.82 Å². The van der Waals surface area contributed by atoms with Crippen LogP contribution >= 0.6 is 0 Å². The summed E-state index contributed by atoms with van der Waals surface area (Å²) < 4.78 is 1.91. The fourth-order valence-electron chi connectivity index (χ4n) is 2.74. The van der Waals surface area contributed by atoms with Gasteiger partial charge in [0, 0.05) is 17.8 Å². The highest BCUT2D eigenvalue weighted by Crippen LogP contribution is 2.25. The molecule has 21 heavy (non-hydrogen) atoms. The van der Waals surface area contributed by atoms with Gasteiger partial charge in [-0.15, -0.1) is 5.10 Å². The van der Waals surface area contributed by atoms with Crippen molar-refractivity contribution in [2.24, 2.45) is 17.8 Å². The van der Waals surface area contributed by atoms with Crippen LogP contribution in [0.2, 0.25) is 0 Å². The van der Waals surface area contributed by atoms with Crippen molar-refractivity contribution < 1.29 is 0 Å². The first-order valence-electron chi connectivity index (χ1n) is 7.52. The summed E-state index contributed by atoms with van der Waals surface area (Å²) in [5.74, 6) is 2.54. The van der Waals surface area contributed by atoms with Crippen molar-refractivity contribution in [3.8, 4) is 11.4 Å². The van der Waals surface area contributed by atoms with E-state index in [1.54, 1.807) is 0 Å². The van der Waals surface area contributed by atoms with Crippen LogP contribution in [-0.4, -0.2) is 20.2 Å². The smallest absolute Gasteiger partial charge is 0.182 e. The standard InChI is InChI=1S/C16H25N5/c1-10(2)14(11(3)4)9-21-16(18-19-20-21)13-6-7-15(17)12(5)8-13/h6-8,10-11,14H,9,17H2,1-5H3. The molecular weight excluding hydrogens is 262 g/mol. The van der Waals surface area contributed by atoms with Gasteiger partial charge in [-0.3, -0.25) is 0 Å². The van der Waals surface area contributed by atoms with Crippen LogP contribution in [0.25, 0.3) is 11.4 Å². The fourth-order valence-corrected chi connectivity index (χ4v) is 2.74. The van der Waals surface area contributed by atoms with Gasteiger partial charge in [-0.2, -0.15) is 0 Å². The number of nitrogen functional groups attached to an aromatic ring is 1. The van der Waals surface area contributed by atoms with E-state index in [1.165, 1.54) is 0 Å². The Morgan fingerprint density at radius 1 is 1.14 bits per heavy atom. The molecule has 0 aliphatic carbocycles. The van der Waals surface area contributed by atoms with Gasteiger partial charge in [-0.05, 0) is 58.9 Å². The van der Waals surface area contributed by atoms with E-state index in [4.69, 9.17) is 5.73 Å². The van der Waals surface area contributed by atoms with E-state index >= 15 is 0 Å². The Bertz CT molecular complexity index is 592. The van der Waals surface area contributed by atoms with E-state index < -0.39 is 0 Å². The van der Waals surface area contributed by atoms with Gasteiger partial charge in [0.1, 0.15) is 0 Å². The zero-order valence-electron chi connectivity index (χ0n) is 13.5. The molecule has 2 aromatic rings. The van der Waals surface area contributed by atoms with Gasteiger partial charge in [-0.25, -0.2) is 4.68 Å². The summed E-state index contributed by atoms with van der Waals surface area (Å²) in [5.41, 5.74) is 8.73. The minimum Gasteiger partial charge on any atom is -0.399 e. The lowest BCUT2D eigenvalue weighted by Crippen LogP contribution is -2.23. The first kappa shape index (κ1) is 15.5. The first-order valence-corrected chi connectivity index (χ1v) is 7.52. The number of nitrogens with two attached hydrogens (primary N) is 1. The van der Waals surface area contributed by atoms with Crippen molar-refractivity contribution >= 4 is 5.69 Å². The van der Waals surface area contributed by atoms with Crippen molar-refractivity contribution in [1.82, 2.24) is 20.2 Å². The molecule has 0 radical (unpaired) electrons. The Morgan fingerprint density at radius 2 is 1.81 bits per heavy atom. The van der Waals surface area contributed by atoms with Crippen LogP contribution in [0.4, 0.5) is 5.69 Å². The molecule has 0 saturated heterocycles. The fraction of sp³-hybridized carbons (Fsp3) is 0.562. The molecule has 0 unspecified atom stereocenters. The largest absolute Gasteiger partial charge is 0.399 e. The van der Waals surface area contributed by atoms with Crippen LogP contribution in [0.3, 0.4) is 0 Å². The average Bonchev–Trinajstić information content (AvgIpc) is 2.86. The molecule has 1 aromatic carbocycles. The maximum absolute atomic E-state index is 5.88. The molecule has 114 valence electrons. The van der Waals surface area contributed by atoms with E-state index in [9.17, 15) is 0 Å². The van der Waals surface area contributed by atoms with Gasteiger partial charge in [0.2, 0.25) is 0 Å². The monoisotopic (exact) mass is 287 g/mol. The summed E-state index contributed by atoms with van der Waals surface area (Å²) >= 11 is 0. The topological polar surface area (TPSA) is 69.6 Å². The molecule has 2 rings (SSSR count). The summed E-state index contributed by atoms with van der Waals surface area (Å²) in [7, 11) is 0. The Balaban J connectivity index is 2.31. The first-order chi connectivity index (χ1) is 9.90. The van der Waals surface area contributed by atoms with Crippen LogP contribution in [0.15, 0.2) is 18.2 Å². The van der Waals surface area contributed by atoms with Gasteiger partial charge in [0.05, 0.1) is 0 Å². The number of hydrogen-bond acceptors (Lipinski definition) is 4. The van der Waals surface area contributed by atoms with Gasteiger partial charge >= 0.3 is 0 Å². The Hall–Kier alpha value is -1.91. The molecule has 1 aromatic heterocycles. The molecule has 0 fully saturated rings. The van der Waals surface area contributed by atoms with Gasteiger partial charge < -0.3 is 5.73 Å². The lowest BCUT2D eigenvalue weighted by atomic mass is 9.85. The lowest BCUT2D eigenvalue weighted by molar-refractivity contribution is 0.242. The molecule has 0 aliphatic rings. The summed E-state index contributed by atoms with van der Waals surface area (Å²) in [6, 6.07) is 5.92. The highest BCUT2D eigenvalue weighted by atomic mass is 15.5. The average molecular weight is 287 g/mol. The number of tetrazole rings is 1. The summed E-state index contributed by atoms with van der Waals surface area (Å²) in [5, 5.41) is 12.2. The molecule has 5 nitrogen and oxygen atoms in total. The zero-order chi connectivity index (χ0) is 15.6. The predicted molar refractivity (Wildman–Crippen MR) is 85.6 cm³/mol. The minimum atomic E-state index is 0.544. The molecule has 0 saturated carbocycles. The maximum Gasteiger partial charge on any atom is 0.182 e. The van der Waals surface area contributed by atoms with Crippen LogP contribution in [-0.2, 0) is 6.54 Å². The second-order valence-corrected chi connectivity index (χ2v) is 6.41. The highest BCUT2D eigenvalue weighted by molar-refractivity contribution is 5.61. The van der Waals surface area contributed by atoms with Crippen molar-refractivity contribution in [2.75, 3.05) is 5.73 Å². The quantitative estimate of drug-likeness (QED) is 0.858. The van der Waals surface area contributed by atoms with E-state index in [-0.39, 0.29) is 0 Å². The zero-order valence-corrected chi connectivity index (χ0v) is 13.5.